The van der Waals surface area contributed by atoms with Gasteiger partial charge in [-0.15, -0.1) is 5.06 Å². The molecule has 0 aromatic heterocycles. The molecule has 72 valence electrons. The molecule has 0 aromatic rings. The van der Waals surface area contributed by atoms with Gasteiger partial charge in [-0.2, -0.15) is 0 Å². The van der Waals surface area contributed by atoms with Crippen LogP contribution in [0.1, 0.15) is 6.42 Å². The number of aliphatic hydroxyl groups excluding tert-OH is 2. The van der Waals surface area contributed by atoms with Crippen LogP contribution in [0, 0.1) is 23.7 Å². The van der Waals surface area contributed by atoms with E-state index in [0.29, 0.717) is 16.9 Å². The lowest BCUT2D eigenvalue weighted by Gasteiger charge is -2.21. The number of rotatable bonds is 0. The van der Waals surface area contributed by atoms with Gasteiger partial charge in [0.1, 0.15) is 12.5 Å². The van der Waals surface area contributed by atoms with Gasteiger partial charge in [0.25, 0.3) is 0 Å². The highest BCUT2D eigenvalue weighted by Crippen LogP contribution is 2.56. The molecule has 3 aliphatic rings. The molecule has 0 aromatic carbocycles. The van der Waals surface area contributed by atoms with Crippen molar-refractivity contribution in [1.82, 2.24) is 5.06 Å². The van der Waals surface area contributed by atoms with Gasteiger partial charge in [0.2, 0.25) is 0 Å². The van der Waals surface area contributed by atoms with E-state index in [0.717, 1.165) is 6.42 Å². The first-order valence-corrected chi connectivity index (χ1v) is 4.72. The molecule has 3 N–H and O–H groups in total. The highest BCUT2D eigenvalue weighted by molar-refractivity contribution is 5.17. The molecule has 0 bridgehead atoms. The molecule has 3 rings (SSSR count). The molecular weight excluding hydrogens is 170 g/mol. The lowest BCUT2D eigenvalue weighted by molar-refractivity contribution is -0.245. The third kappa shape index (κ3) is 0.889. The summed E-state index contributed by atoms with van der Waals surface area (Å²) >= 11 is 0. The Morgan fingerprint density at radius 2 is 1.92 bits per heavy atom. The molecule has 2 fully saturated rings. The van der Waals surface area contributed by atoms with Gasteiger partial charge in [0.05, 0.1) is 0 Å². The summed E-state index contributed by atoms with van der Waals surface area (Å²) < 4.78 is 0. The van der Waals surface area contributed by atoms with Crippen LogP contribution in [-0.2, 0) is 0 Å². The van der Waals surface area contributed by atoms with Gasteiger partial charge < -0.3 is 15.4 Å². The van der Waals surface area contributed by atoms with Gasteiger partial charge >= 0.3 is 0 Å². The first kappa shape index (κ1) is 7.94. The van der Waals surface area contributed by atoms with Crippen molar-refractivity contribution in [2.24, 2.45) is 23.7 Å². The summed E-state index contributed by atoms with van der Waals surface area (Å²) in [5, 5.41) is 29.2. The maximum Gasteiger partial charge on any atom is 0.139 e. The van der Waals surface area contributed by atoms with Gasteiger partial charge in [0, 0.05) is 11.8 Å². The molecule has 0 radical (unpaired) electrons. The van der Waals surface area contributed by atoms with E-state index in [4.69, 9.17) is 0 Å². The van der Waals surface area contributed by atoms with Gasteiger partial charge in [-0.3, -0.25) is 0 Å². The van der Waals surface area contributed by atoms with Crippen LogP contribution in [0.3, 0.4) is 0 Å². The van der Waals surface area contributed by atoms with Crippen LogP contribution in [0.15, 0.2) is 12.2 Å². The predicted octanol–water partition coefficient (Wildman–Crippen LogP) is -0.234. The second kappa shape index (κ2) is 2.33. The van der Waals surface area contributed by atoms with Crippen LogP contribution in [0.4, 0.5) is 0 Å². The second-order valence-electron chi connectivity index (χ2n) is 4.31. The van der Waals surface area contributed by atoms with Crippen molar-refractivity contribution < 1.29 is 15.4 Å². The number of hydrogen-bond donors (Lipinski definition) is 3. The lowest BCUT2D eigenvalue weighted by atomic mass is 9.84. The van der Waals surface area contributed by atoms with Crippen LogP contribution in [0.2, 0.25) is 0 Å². The molecule has 6 unspecified atom stereocenters. The van der Waals surface area contributed by atoms with E-state index < -0.39 is 12.5 Å². The molecule has 1 saturated carbocycles. The third-order valence-corrected chi connectivity index (χ3v) is 3.64. The number of hydrogen-bond acceptors (Lipinski definition) is 4. The number of fused-ring (bicyclic) bond motifs is 3. The van der Waals surface area contributed by atoms with E-state index in [1.54, 1.807) is 0 Å². The topological polar surface area (TPSA) is 63.9 Å². The Morgan fingerprint density at radius 1 is 1.15 bits per heavy atom. The molecule has 4 heteroatoms. The van der Waals surface area contributed by atoms with Crippen molar-refractivity contribution in [3.63, 3.8) is 0 Å². The Balaban J connectivity index is 1.95. The van der Waals surface area contributed by atoms with Gasteiger partial charge in [-0.25, -0.2) is 0 Å². The zero-order valence-corrected chi connectivity index (χ0v) is 7.11. The fourth-order valence-electron chi connectivity index (χ4n) is 2.81. The average Bonchev–Trinajstić information content (AvgIpc) is 2.87. The highest BCUT2D eigenvalue weighted by Gasteiger charge is 2.57. The maximum absolute atomic E-state index is 9.64. The van der Waals surface area contributed by atoms with E-state index in [9.17, 15) is 15.4 Å². The molecule has 0 spiro atoms. The van der Waals surface area contributed by atoms with Crippen molar-refractivity contribution in [3.05, 3.63) is 12.2 Å². The number of aliphatic hydroxyl groups is 2. The number of nitrogens with zero attached hydrogens (tertiary/aromatic N) is 1. The number of allylic oxidation sites excluding steroid dienone is 1. The van der Waals surface area contributed by atoms with Gasteiger partial charge in [0.15, 0.2) is 0 Å². The van der Waals surface area contributed by atoms with E-state index in [1.807, 2.05) is 6.08 Å². The van der Waals surface area contributed by atoms with Crippen LogP contribution in [0.5, 0.6) is 0 Å². The summed E-state index contributed by atoms with van der Waals surface area (Å²) in [5.74, 6) is 0.977. The number of hydroxylamine groups is 2. The average molecular weight is 183 g/mol. The summed E-state index contributed by atoms with van der Waals surface area (Å²) in [6.07, 6.45) is 3.30. The largest absolute Gasteiger partial charge is 0.376 e. The smallest absolute Gasteiger partial charge is 0.139 e. The predicted molar refractivity (Wildman–Crippen MR) is 43.4 cm³/mol. The first-order valence-electron chi connectivity index (χ1n) is 4.72. The molecule has 0 amide bonds. The molecule has 1 aliphatic heterocycles. The Morgan fingerprint density at radius 3 is 2.69 bits per heavy atom. The van der Waals surface area contributed by atoms with Gasteiger partial charge in [-0.1, -0.05) is 12.2 Å². The SMILES string of the molecule is OC1C2C=CC3CC3C2C(O)N1O. The quantitative estimate of drug-likeness (QED) is 0.454. The normalized spacial score (nSPS) is 59.0. The standard InChI is InChI=1S/C9H13NO3/c11-8-5-2-1-4-3-6(4)7(5)9(12)10(8)13/h1-2,4-9,11-13H,3H2. The highest BCUT2D eigenvalue weighted by atomic mass is 16.6. The minimum absolute atomic E-state index is 0.0231. The Hall–Kier alpha value is -0.420. The van der Waals surface area contributed by atoms with Crippen molar-refractivity contribution >= 4 is 0 Å². The Kier molecular flexibility index (Phi) is 1.42. The molecule has 1 saturated heterocycles. The first-order chi connectivity index (χ1) is 6.20. The van der Waals surface area contributed by atoms with Crippen molar-refractivity contribution in [2.75, 3.05) is 0 Å². The molecular formula is C9H13NO3. The molecule has 13 heavy (non-hydrogen) atoms. The zero-order chi connectivity index (χ0) is 9.16. The fraction of sp³-hybridized carbons (Fsp3) is 0.778. The minimum atomic E-state index is -0.933. The van der Waals surface area contributed by atoms with Crippen LogP contribution in [-0.4, -0.2) is 32.9 Å². The van der Waals surface area contributed by atoms with E-state index in [-0.39, 0.29) is 11.8 Å². The summed E-state index contributed by atoms with van der Waals surface area (Å²) in [7, 11) is 0. The fourth-order valence-corrected chi connectivity index (χ4v) is 2.81. The summed E-state index contributed by atoms with van der Waals surface area (Å²) in [6.45, 7) is 0. The Bertz CT molecular complexity index is 268. The monoisotopic (exact) mass is 183 g/mol. The lowest BCUT2D eigenvalue weighted by Crippen LogP contribution is -2.34. The molecule has 2 aliphatic carbocycles. The van der Waals surface area contributed by atoms with E-state index in [2.05, 4.69) is 6.08 Å². The third-order valence-electron chi connectivity index (χ3n) is 3.64. The minimum Gasteiger partial charge on any atom is -0.376 e. The zero-order valence-electron chi connectivity index (χ0n) is 7.11. The summed E-state index contributed by atoms with van der Waals surface area (Å²) in [4.78, 5) is 0. The molecule has 4 nitrogen and oxygen atoms in total. The Labute approximate surface area is 76.0 Å². The maximum atomic E-state index is 9.64. The van der Waals surface area contributed by atoms with Crippen molar-refractivity contribution in [2.45, 2.75) is 18.9 Å². The van der Waals surface area contributed by atoms with Crippen molar-refractivity contribution in [3.8, 4) is 0 Å². The van der Waals surface area contributed by atoms with Crippen LogP contribution < -0.4 is 0 Å². The van der Waals surface area contributed by atoms with E-state index in [1.165, 1.54) is 0 Å². The van der Waals surface area contributed by atoms with Crippen LogP contribution in [0.25, 0.3) is 0 Å². The van der Waals surface area contributed by atoms with E-state index >= 15 is 0 Å². The van der Waals surface area contributed by atoms with Gasteiger partial charge in [-0.05, 0) is 18.3 Å². The second-order valence-corrected chi connectivity index (χ2v) is 4.31. The molecule has 6 atom stereocenters. The summed E-state index contributed by atoms with van der Waals surface area (Å²) in [5.41, 5.74) is 0. The van der Waals surface area contributed by atoms with Crippen LogP contribution >= 0.6 is 0 Å². The van der Waals surface area contributed by atoms with Crippen molar-refractivity contribution in [1.29, 1.82) is 0 Å². The summed E-state index contributed by atoms with van der Waals surface area (Å²) in [6, 6.07) is 0. The molecule has 1 heterocycles.